The van der Waals surface area contributed by atoms with Crippen molar-refractivity contribution in [3.63, 3.8) is 0 Å². The third kappa shape index (κ3) is 3.10. The number of hydrogen-bond donors (Lipinski definition) is 0. The van der Waals surface area contributed by atoms with E-state index < -0.39 is 5.97 Å². The van der Waals surface area contributed by atoms with Crippen LogP contribution in [0.3, 0.4) is 0 Å². The molecular formula is C15H14O4. The lowest BCUT2D eigenvalue weighted by molar-refractivity contribution is 0.0466. The smallest absolute Gasteiger partial charge is 0.345 e. The van der Waals surface area contributed by atoms with Crippen molar-refractivity contribution < 1.29 is 13.9 Å². The molecule has 0 aliphatic heterocycles. The number of ether oxygens (including phenoxy) is 1. The molecule has 0 saturated heterocycles. The van der Waals surface area contributed by atoms with Gasteiger partial charge >= 0.3 is 5.97 Å². The number of esters is 1. The Morgan fingerprint density at radius 1 is 1.21 bits per heavy atom. The van der Waals surface area contributed by atoms with Gasteiger partial charge in [-0.15, -0.1) is 0 Å². The zero-order valence-corrected chi connectivity index (χ0v) is 10.8. The van der Waals surface area contributed by atoms with Crippen LogP contribution in [0.1, 0.15) is 27.4 Å². The molecule has 1 aromatic heterocycles. The normalized spacial score (nSPS) is 10.2. The molecule has 0 aliphatic rings. The summed E-state index contributed by atoms with van der Waals surface area (Å²) < 4.78 is 10.4. The van der Waals surface area contributed by atoms with E-state index in [4.69, 9.17) is 9.15 Å². The van der Waals surface area contributed by atoms with E-state index in [0.717, 1.165) is 5.56 Å². The van der Waals surface area contributed by atoms with Crippen LogP contribution in [0.5, 0.6) is 0 Å². The average molecular weight is 258 g/mol. The van der Waals surface area contributed by atoms with Crippen molar-refractivity contribution in [2.75, 3.05) is 0 Å². The van der Waals surface area contributed by atoms with Gasteiger partial charge in [-0.3, -0.25) is 4.79 Å². The summed E-state index contributed by atoms with van der Waals surface area (Å²) in [5.41, 5.74) is 0.450. The van der Waals surface area contributed by atoms with E-state index in [1.165, 1.54) is 6.07 Å². The molecule has 1 aromatic carbocycles. The first-order valence-electron chi connectivity index (χ1n) is 5.90. The van der Waals surface area contributed by atoms with E-state index in [1.807, 2.05) is 30.3 Å². The molecular weight excluding hydrogens is 244 g/mol. The molecule has 0 saturated carbocycles. The standard InChI is InChI=1S/C15H14O4/c1-10-8-13(16)14(11(2)19-10)15(17)18-9-12-6-4-3-5-7-12/h3-8H,9H2,1-2H3. The summed E-state index contributed by atoms with van der Waals surface area (Å²) in [6.45, 7) is 3.37. The second kappa shape index (κ2) is 5.52. The Labute approximate surface area is 110 Å². The van der Waals surface area contributed by atoms with Crippen LogP contribution in [0.25, 0.3) is 0 Å². The van der Waals surface area contributed by atoms with Crippen molar-refractivity contribution in [2.45, 2.75) is 20.5 Å². The minimum absolute atomic E-state index is 0.0402. The van der Waals surface area contributed by atoms with Gasteiger partial charge in [0, 0.05) is 6.07 Å². The lowest BCUT2D eigenvalue weighted by atomic mass is 10.2. The van der Waals surface area contributed by atoms with Crippen LogP contribution in [-0.4, -0.2) is 5.97 Å². The van der Waals surface area contributed by atoms with E-state index in [9.17, 15) is 9.59 Å². The largest absolute Gasteiger partial charge is 0.465 e. The predicted molar refractivity (Wildman–Crippen MR) is 70.0 cm³/mol. The van der Waals surface area contributed by atoms with Crippen molar-refractivity contribution in [1.82, 2.24) is 0 Å². The van der Waals surface area contributed by atoms with Crippen molar-refractivity contribution in [2.24, 2.45) is 0 Å². The first-order chi connectivity index (χ1) is 9.08. The Morgan fingerprint density at radius 2 is 1.89 bits per heavy atom. The summed E-state index contributed by atoms with van der Waals surface area (Å²) in [4.78, 5) is 23.6. The van der Waals surface area contributed by atoms with Crippen LogP contribution in [0.15, 0.2) is 45.6 Å². The summed E-state index contributed by atoms with van der Waals surface area (Å²) in [5, 5.41) is 0. The number of hydrogen-bond acceptors (Lipinski definition) is 4. The van der Waals surface area contributed by atoms with Crippen molar-refractivity contribution in [3.8, 4) is 0 Å². The molecule has 0 amide bonds. The van der Waals surface area contributed by atoms with Gasteiger partial charge < -0.3 is 9.15 Å². The Kier molecular flexibility index (Phi) is 3.80. The van der Waals surface area contributed by atoms with Gasteiger partial charge in [0.25, 0.3) is 0 Å². The van der Waals surface area contributed by atoms with E-state index in [2.05, 4.69) is 0 Å². The molecule has 2 aromatic rings. The fraction of sp³-hybridized carbons (Fsp3) is 0.200. The molecule has 0 spiro atoms. The fourth-order valence-corrected chi connectivity index (χ4v) is 1.79. The molecule has 98 valence electrons. The van der Waals surface area contributed by atoms with Crippen molar-refractivity contribution >= 4 is 5.97 Å². The molecule has 0 bridgehead atoms. The first-order valence-corrected chi connectivity index (χ1v) is 5.90. The van der Waals surface area contributed by atoms with Crippen LogP contribution in [0.2, 0.25) is 0 Å². The maximum atomic E-state index is 11.9. The van der Waals surface area contributed by atoms with Gasteiger partial charge in [-0.05, 0) is 19.4 Å². The third-order valence-electron chi connectivity index (χ3n) is 2.66. The van der Waals surface area contributed by atoms with Crippen LogP contribution < -0.4 is 5.43 Å². The zero-order chi connectivity index (χ0) is 13.8. The molecule has 0 fully saturated rings. The number of aryl methyl sites for hydroxylation is 2. The Morgan fingerprint density at radius 3 is 2.53 bits per heavy atom. The second-order valence-electron chi connectivity index (χ2n) is 4.21. The van der Waals surface area contributed by atoms with Crippen LogP contribution >= 0.6 is 0 Å². The summed E-state index contributed by atoms with van der Waals surface area (Å²) >= 11 is 0. The molecule has 0 N–H and O–H groups in total. The van der Waals surface area contributed by atoms with Crippen LogP contribution in [0, 0.1) is 13.8 Å². The molecule has 19 heavy (non-hydrogen) atoms. The lowest BCUT2D eigenvalue weighted by Crippen LogP contribution is -2.18. The molecule has 4 heteroatoms. The van der Waals surface area contributed by atoms with E-state index in [0.29, 0.717) is 5.76 Å². The van der Waals surface area contributed by atoms with Gasteiger partial charge in [-0.2, -0.15) is 0 Å². The maximum Gasteiger partial charge on any atom is 0.345 e. The van der Waals surface area contributed by atoms with Gasteiger partial charge in [-0.25, -0.2) is 4.79 Å². The van der Waals surface area contributed by atoms with Gasteiger partial charge in [0.2, 0.25) is 0 Å². The number of rotatable bonds is 3. The lowest BCUT2D eigenvalue weighted by Gasteiger charge is -2.06. The van der Waals surface area contributed by atoms with Crippen LogP contribution in [-0.2, 0) is 11.3 Å². The van der Waals surface area contributed by atoms with Crippen molar-refractivity contribution in [1.29, 1.82) is 0 Å². The molecule has 4 nitrogen and oxygen atoms in total. The number of benzene rings is 1. The van der Waals surface area contributed by atoms with E-state index in [-0.39, 0.29) is 23.4 Å². The molecule has 1 heterocycles. The van der Waals surface area contributed by atoms with Gasteiger partial charge in [0.1, 0.15) is 23.7 Å². The summed E-state index contributed by atoms with van der Waals surface area (Å²) in [6, 6.07) is 10.6. The highest BCUT2D eigenvalue weighted by atomic mass is 16.5. The molecule has 2 rings (SSSR count). The SMILES string of the molecule is Cc1cc(=O)c(C(=O)OCc2ccccc2)c(C)o1. The topological polar surface area (TPSA) is 56.5 Å². The maximum absolute atomic E-state index is 11.9. The van der Waals surface area contributed by atoms with E-state index in [1.54, 1.807) is 13.8 Å². The minimum atomic E-state index is -0.657. The van der Waals surface area contributed by atoms with Crippen molar-refractivity contribution in [3.05, 3.63) is 69.3 Å². The number of carbonyl (C=O) groups excluding carboxylic acids is 1. The molecule has 0 unspecified atom stereocenters. The van der Waals surface area contributed by atoms with Gasteiger partial charge in [0.05, 0.1) is 0 Å². The second-order valence-corrected chi connectivity index (χ2v) is 4.21. The Balaban J connectivity index is 2.15. The van der Waals surface area contributed by atoms with E-state index >= 15 is 0 Å². The van der Waals surface area contributed by atoms with Gasteiger partial charge in [-0.1, -0.05) is 30.3 Å². The van der Waals surface area contributed by atoms with Crippen LogP contribution in [0.4, 0.5) is 0 Å². The highest BCUT2D eigenvalue weighted by molar-refractivity contribution is 5.90. The highest BCUT2D eigenvalue weighted by Crippen LogP contribution is 2.09. The summed E-state index contributed by atoms with van der Waals surface area (Å²) in [5.74, 6) is 0.0975. The quantitative estimate of drug-likeness (QED) is 0.794. The Bertz CT molecular complexity index is 641. The third-order valence-corrected chi connectivity index (χ3v) is 2.66. The average Bonchev–Trinajstić information content (AvgIpc) is 2.36. The molecule has 0 aliphatic carbocycles. The summed E-state index contributed by atoms with van der Waals surface area (Å²) in [6.07, 6.45) is 0. The van der Waals surface area contributed by atoms with Gasteiger partial charge in [0.15, 0.2) is 5.43 Å². The molecule has 0 atom stereocenters. The zero-order valence-electron chi connectivity index (χ0n) is 10.8. The minimum Gasteiger partial charge on any atom is -0.465 e. The monoisotopic (exact) mass is 258 g/mol. The fourth-order valence-electron chi connectivity index (χ4n) is 1.79. The molecule has 0 radical (unpaired) electrons. The highest BCUT2D eigenvalue weighted by Gasteiger charge is 2.17. The Hall–Kier alpha value is -2.36. The number of carbonyl (C=O) groups is 1. The summed E-state index contributed by atoms with van der Waals surface area (Å²) in [7, 11) is 0. The first kappa shape index (κ1) is 13.1. The predicted octanol–water partition coefficient (Wildman–Crippen LogP) is 2.61.